The van der Waals surface area contributed by atoms with Gasteiger partial charge in [-0.15, -0.1) is 0 Å². The topological polar surface area (TPSA) is 125 Å². The van der Waals surface area contributed by atoms with Crippen LogP contribution in [0.25, 0.3) is 0 Å². The van der Waals surface area contributed by atoms with Gasteiger partial charge < -0.3 is 20.1 Å². The first kappa shape index (κ1) is 23.9. The Labute approximate surface area is 171 Å². The van der Waals surface area contributed by atoms with Crippen LogP contribution in [-0.4, -0.2) is 75.3 Å². The Morgan fingerprint density at radius 2 is 2.03 bits per heavy atom. The van der Waals surface area contributed by atoms with Gasteiger partial charge in [0.2, 0.25) is 15.9 Å². The van der Waals surface area contributed by atoms with Gasteiger partial charge >= 0.3 is 12.1 Å². The van der Waals surface area contributed by atoms with Crippen LogP contribution in [-0.2, 0) is 24.3 Å². The van der Waals surface area contributed by atoms with Gasteiger partial charge in [-0.1, -0.05) is 0 Å². The lowest BCUT2D eigenvalue weighted by molar-refractivity contribution is -0.173. The van der Waals surface area contributed by atoms with E-state index in [0.29, 0.717) is 5.56 Å². The van der Waals surface area contributed by atoms with Crippen LogP contribution in [0.2, 0.25) is 0 Å². The molecule has 168 valence electrons. The molecule has 0 spiro atoms. The minimum absolute atomic E-state index is 0.0181. The summed E-state index contributed by atoms with van der Waals surface area (Å²) in [6.07, 6.45) is -4.71. The molecule has 9 nitrogen and oxygen atoms in total. The third-order valence-corrected chi connectivity index (χ3v) is 5.84. The van der Waals surface area contributed by atoms with Gasteiger partial charge in [-0.05, 0) is 37.1 Å². The van der Waals surface area contributed by atoms with Gasteiger partial charge in [0.25, 0.3) is 0 Å². The third-order valence-electron chi connectivity index (χ3n) is 4.37. The van der Waals surface area contributed by atoms with Crippen LogP contribution in [0.3, 0.4) is 0 Å². The fourth-order valence-corrected chi connectivity index (χ4v) is 4.04. The van der Waals surface area contributed by atoms with E-state index in [0.717, 1.165) is 0 Å². The standard InChI is InChI=1S/C17H22F3N3O6S/c1-11-10-12(2-3-14(11)24)30(27,28)22-13-4-6-23(15(13)25)7-9-29-8-5-21-16(26)17(18,19)20/h2-3,10,13,22,24H,4-9H2,1H3,(H,21,26)/t13-/m0/s1. The minimum Gasteiger partial charge on any atom is -0.508 e. The number of phenols is 1. The Hall–Kier alpha value is -2.38. The Bertz CT molecular complexity index is 891. The molecule has 0 aliphatic carbocycles. The number of halogens is 3. The van der Waals surface area contributed by atoms with Gasteiger partial charge in [0.15, 0.2) is 0 Å². The van der Waals surface area contributed by atoms with Crippen LogP contribution in [0.5, 0.6) is 5.75 Å². The van der Waals surface area contributed by atoms with Crippen molar-refractivity contribution in [3.8, 4) is 5.75 Å². The van der Waals surface area contributed by atoms with Crippen molar-refractivity contribution in [2.45, 2.75) is 30.5 Å². The van der Waals surface area contributed by atoms with Crippen molar-refractivity contribution in [2.75, 3.05) is 32.8 Å². The number of likely N-dealkylation sites (tertiary alicyclic amines) is 1. The molecule has 1 fully saturated rings. The fourth-order valence-electron chi connectivity index (χ4n) is 2.73. The van der Waals surface area contributed by atoms with E-state index in [1.165, 1.54) is 23.1 Å². The predicted octanol–water partition coefficient (Wildman–Crippen LogP) is 0.275. The summed E-state index contributed by atoms with van der Waals surface area (Å²) in [6, 6.07) is 2.82. The minimum atomic E-state index is -4.96. The molecule has 0 unspecified atom stereocenters. The molecule has 0 bridgehead atoms. The molecule has 0 radical (unpaired) electrons. The van der Waals surface area contributed by atoms with Crippen molar-refractivity contribution in [3.63, 3.8) is 0 Å². The number of phenolic OH excluding ortho intramolecular Hbond substituents is 1. The second-order valence-corrected chi connectivity index (χ2v) is 8.32. The maximum atomic E-state index is 12.5. The average Bonchev–Trinajstić information content (AvgIpc) is 2.98. The van der Waals surface area contributed by atoms with E-state index in [1.54, 1.807) is 12.2 Å². The van der Waals surface area contributed by atoms with Crippen molar-refractivity contribution in [1.29, 1.82) is 0 Å². The molecule has 0 aromatic heterocycles. The highest BCUT2D eigenvalue weighted by atomic mass is 32.2. The number of carbonyl (C=O) groups excluding carboxylic acids is 2. The zero-order valence-corrected chi connectivity index (χ0v) is 16.8. The second-order valence-electron chi connectivity index (χ2n) is 6.60. The summed E-state index contributed by atoms with van der Waals surface area (Å²) in [5, 5.41) is 11.2. The van der Waals surface area contributed by atoms with E-state index < -0.39 is 34.1 Å². The normalized spacial score (nSPS) is 17.4. The van der Waals surface area contributed by atoms with Crippen molar-refractivity contribution in [2.24, 2.45) is 0 Å². The molecular formula is C17H22F3N3O6S. The number of carbonyl (C=O) groups is 2. The SMILES string of the molecule is Cc1cc(S(=O)(=O)N[C@H]2CCN(CCOCCNC(=O)C(F)(F)F)C2=O)ccc1O. The Kier molecular flexibility index (Phi) is 7.66. The largest absolute Gasteiger partial charge is 0.508 e. The number of hydrogen-bond donors (Lipinski definition) is 3. The van der Waals surface area contributed by atoms with E-state index >= 15 is 0 Å². The van der Waals surface area contributed by atoms with Crippen LogP contribution in [0.15, 0.2) is 23.1 Å². The smallest absolute Gasteiger partial charge is 0.471 e. The molecule has 1 aliphatic rings. The first-order valence-electron chi connectivity index (χ1n) is 8.95. The first-order chi connectivity index (χ1) is 13.9. The van der Waals surface area contributed by atoms with Gasteiger partial charge in [-0.25, -0.2) is 8.42 Å². The first-order valence-corrected chi connectivity index (χ1v) is 10.4. The lowest BCUT2D eigenvalue weighted by Crippen LogP contribution is -2.42. The predicted molar refractivity (Wildman–Crippen MR) is 98.0 cm³/mol. The summed E-state index contributed by atoms with van der Waals surface area (Å²) in [4.78, 5) is 24.3. The zero-order chi connectivity index (χ0) is 22.5. The van der Waals surface area contributed by atoms with E-state index in [9.17, 15) is 36.3 Å². The van der Waals surface area contributed by atoms with E-state index in [-0.39, 0.29) is 49.9 Å². The van der Waals surface area contributed by atoms with E-state index in [4.69, 9.17) is 4.74 Å². The lowest BCUT2D eigenvalue weighted by atomic mass is 10.2. The third kappa shape index (κ3) is 6.31. The molecule has 1 aliphatic heterocycles. The summed E-state index contributed by atoms with van der Waals surface area (Å²) >= 11 is 0. The average molecular weight is 453 g/mol. The number of ether oxygens (including phenoxy) is 1. The molecular weight excluding hydrogens is 431 g/mol. The summed E-state index contributed by atoms with van der Waals surface area (Å²) in [5.41, 5.74) is 0.376. The van der Waals surface area contributed by atoms with Crippen LogP contribution in [0.4, 0.5) is 13.2 Å². The fraction of sp³-hybridized carbons (Fsp3) is 0.529. The second kappa shape index (κ2) is 9.62. The number of amides is 2. The molecule has 1 aromatic carbocycles. The maximum absolute atomic E-state index is 12.5. The highest BCUT2D eigenvalue weighted by Gasteiger charge is 2.38. The van der Waals surface area contributed by atoms with Gasteiger partial charge in [0.1, 0.15) is 11.8 Å². The molecule has 3 N–H and O–H groups in total. The summed E-state index contributed by atoms with van der Waals surface area (Å²) in [5.74, 6) is -2.54. The van der Waals surface area contributed by atoms with Gasteiger partial charge in [-0.3, -0.25) is 9.59 Å². The summed E-state index contributed by atoms with van der Waals surface area (Å²) in [7, 11) is -3.96. The zero-order valence-electron chi connectivity index (χ0n) is 16.0. The van der Waals surface area contributed by atoms with Crippen LogP contribution in [0, 0.1) is 6.92 Å². The monoisotopic (exact) mass is 453 g/mol. The molecule has 13 heteroatoms. The van der Waals surface area contributed by atoms with Crippen LogP contribution < -0.4 is 10.0 Å². The van der Waals surface area contributed by atoms with E-state index in [1.807, 2.05) is 0 Å². The Morgan fingerprint density at radius 3 is 2.67 bits per heavy atom. The molecule has 1 aromatic rings. The quantitative estimate of drug-likeness (QED) is 0.461. The van der Waals surface area contributed by atoms with Crippen molar-refractivity contribution < 1.29 is 41.0 Å². The number of aromatic hydroxyl groups is 1. The molecule has 30 heavy (non-hydrogen) atoms. The number of nitrogens with zero attached hydrogens (tertiary/aromatic N) is 1. The molecule has 1 heterocycles. The number of sulfonamides is 1. The maximum Gasteiger partial charge on any atom is 0.471 e. The molecule has 1 saturated heterocycles. The molecule has 0 saturated carbocycles. The molecule has 2 rings (SSSR count). The Morgan fingerprint density at radius 1 is 1.33 bits per heavy atom. The highest BCUT2D eigenvalue weighted by Crippen LogP contribution is 2.21. The van der Waals surface area contributed by atoms with Gasteiger partial charge in [0, 0.05) is 19.6 Å². The number of rotatable bonds is 9. The summed E-state index contributed by atoms with van der Waals surface area (Å²) < 4.78 is 68.4. The van der Waals surface area contributed by atoms with Crippen LogP contribution in [0.1, 0.15) is 12.0 Å². The van der Waals surface area contributed by atoms with E-state index in [2.05, 4.69) is 4.72 Å². The van der Waals surface area contributed by atoms with Crippen molar-refractivity contribution in [3.05, 3.63) is 23.8 Å². The van der Waals surface area contributed by atoms with Gasteiger partial charge in [0.05, 0.1) is 18.1 Å². The lowest BCUT2D eigenvalue weighted by Gasteiger charge is -2.17. The van der Waals surface area contributed by atoms with Crippen LogP contribution >= 0.6 is 0 Å². The number of nitrogens with one attached hydrogen (secondary N) is 2. The molecule has 2 amide bonds. The number of hydrogen-bond acceptors (Lipinski definition) is 6. The molecule has 1 atom stereocenters. The Balaban J connectivity index is 1.76. The highest BCUT2D eigenvalue weighted by molar-refractivity contribution is 7.89. The number of alkyl halides is 3. The van der Waals surface area contributed by atoms with Crippen molar-refractivity contribution in [1.82, 2.24) is 14.9 Å². The summed E-state index contributed by atoms with van der Waals surface area (Å²) in [6.45, 7) is 1.48. The number of benzene rings is 1. The number of aryl methyl sites for hydroxylation is 1. The van der Waals surface area contributed by atoms with Crippen molar-refractivity contribution >= 4 is 21.8 Å². The van der Waals surface area contributed by atoms with Gasteiger partial charge in [-0.2, -0.15) is 17.9 Å².